The number of furan rings is 1. The Morgan fingerprint density at radius 1 is 1.04 bits per heavy atom. The fourth-order valence-corrected chi connectivity index (χ4v) is 2.65. The van der Waals surface area contributed by atoms with Gasteiger partial charge in [-0.3, -0.25) is 0 Å². The number of carboxylic acids is 1. The van der Waals surface area contributed by atoms with Crippen LogP contribution in [0.5, 0.6) is 0 Å². The van der Waals surface area contributed by atoms with Crippen LogP contribution in [-0.4, -0.2) is 11.1 Å². The number of hydrogen-bond acceptors (Lipinski definition) is 3. The molecule has 4 nitrogen and oxygen atoms in total. The molecule has 0 aliphatic rings. The number of rotatable bonds is 4. The summed E-state index contributed by atoms with van der Waals surface area (Å²) in [7, 11) is 0. The third-order valence-electron chi connectivity index (χ3n) is 4.15. The Morgan fingerprint density at radius 2 is 1.73 bits per heavy atom. The van der Waals surface area contributed by atoms with Crippen LogP contribution in [0.2, 0.25) is 0 Å². The van der Waals surface area contributed by atoms with Crippen molar-refractivity contribution in [2.75, 3.05) is 0 Å². The quantitative estimate of drug-likeness (QED) is 0.650. The van der Waals surface area contributed by atoms with Crippen LogP contribution in [-0.2, 0) is 0 Å². The maximum Gasteiger partial charge on any atom is 0.335 e. The third kappa shape index (κ3) is 3.57. The van der Waals surface area contributed by atoms with E-state index >= 15 is 0 Å². The summed E-state index contributed by atoms with van der Waals surface area (Å²) < 4.78 is 5.84. The van der Waals surface area contributed by atoms with E-state index in [0.29, 0.717) is 17.1 Å². The van der Waals surface area contributed by atoms with Crippen LogP contribution in [0.25, 0.3) is 23.0 Å². The number of carbonyl (C=O) groups is 1. The molecule has 0 amide bonds. The minimum atomic E-state index is -0.982. The molecule has 3 aromatic rings. The van der Waals surface area contributed by atoms with Crippen molar-refractivity contribution in [3.8, 4) is 17.4 Å². The Kier molecular flexibility index (Phi) is 4.72. The molecule has 0 aliphatic carbocycles. The monoisotopic (exact) mass is 343 g/mol. The summed E-state index contributed by atoms with van der Waals surface area (Å²) in [6.07, 6.45) is 1.69. The lowest BCUT2D eigenvalue weighted by atomic mass is 10.0. The number of nitriles is 1. The lowest BCUT2D eigenvalue weighted by Gasteiger charge is -2.04. The molecule has 1 N–H and O–H groups in total. The van der Waals surface area contributed by atoms with E-state index in [0.717, 1.165) is 22.3 Å². The fourth-order valence-electron chi connectivity index (χ4n) is 2.65. The molecule has 0 fully saturated rings. The molecule has 0 bridgehead atoms. The summed E-state index contributed by atoms with van der Waals surface area (Å²) in [6, 6.07) is 18.4. The average molecular weight is 343 g/mol. The SMILES string of the molecule is Cc1ccc(/C(C#N)=C\c2ccc(-c3cc(C(=O)O)ccc3C)o2)cc1. The highest BCUT2D eigenvalue weighted by Gasteiger charge is 2.11. The standard InChI is InChI=1S/C22H17NO3/c1-14-3-6-16(7-4-14)18(13-23)11-19-9-10-21(26-19)20-12-17(22(24)25)8-5-15(20)2/h3-12H,1-2H3,(H,24,25)/b18-11-. The fraction of sp³-hybridized carbons (Fsp3) is 0.0909. The van der Waals surface area contributed by atoms with E-state index in [-0.39, 0.29) is 5.56 Å². The van der Waals surface area contributed by atoms with Gasteiger partial charge in [0.2, 0.25) is 0 Å². The molecule has 128 valence electrons. The van der Waals surface area contributed by atoms with Crippen LogP contribution in [0, 0.1) is 25.2 Å². The molecule has 3 rings (SSSR count). The number of allylic oxidation sites excluding steroid dienone is 1. The van der Waals surface area contributed by atoms with E-state index in [2.05, 4.69) is 6.07 Å². The summed E-state index contributed by atoms with van der Waals surface area (Å²) in [4.78, 5) is 11.2. The van der Waals surface area contributed by atoms with Gasteiger partial charge in [0.05, 0.1) is 17.2 Å². The Morgan fingerprint density at radius 3 is 2.38 bits per heavy atom. The van der Waals surface area contributed by atoms with Gasteiger partial charge in [0.25, 0.3) is 0 Å². The highest BCUT2D eigenvalue weighted by molar-refractivity contribution is 5.90. The summed E-state index contributed by atoms with van der Waals surface area (Å²) in [5.41, 5.74) is 4.29. The van der Waals surface area contributed by atoms with Gasteiger partial charge in [-0.05, 0) is 55.3 Å². The number of aryl methyl sites for hydroxylation is 2. The molecular formula is C22H17NO3. The summed E-state index contributed by atoms with van der Waals surface area (Å²) >= 11 is 0. The van der Waals surface area contributed by atoms with Crippen LogP contribution in [0.3, 0.4) is 0 Å². The minimum Gasteiger partial charge on any atom is -0.478 e. The van der Waals surface area contributed by atoms with Gasteiger partial charge in [-0.25, -0.2) is 4.79 Å². The summed E-state index contributed by atoms with van der Waals surface area (Å²) in [5, 5.41) is 18.6. The first-order chi connectivity index (χ1) is 12.5. The highest BCUT2D eigenvalue weighted by atomic mass is 16.4. The molecule has 26 heavy (non-hydrogen) atoms. The summed E-state index contributed by atoms with van der Waals surface area (Å²) in [5.74, 6) is 0.124. The van der Waals surface area contributed by atoms with E-state index in [1.54, 1.807) is 36.4 Å². The van der Waals surface area contributed by atoms with Crippen LogP contribution in [0.15, 0.2) is 59.0 Å². The van der Waals surface area contributed by atoms with Crippen molar-refractivity contribution in [3.05, 3.63) is 82.6 Å². The maximum atomic E-state index is 11.2. The Balaban J connectivity index is 1.97. The number of carboxylic acid groups (broad SMARTS) is 1. The Hall–Kier alpha value is -3.58. The molecule has 0 saturated heterocycles. The van der Waals surface area contributed by atoms with Gasteiger partial charge in [0.15, 0.2) is 0 Å². The smallest absolute Gasteiger partial charge is 0.335 e. The van der Waals surface area contributed by atoms with Crippen LogP contribution in [0.1, 0.15) is 32.8 Å². The van der Waals surface area contributed by atoms with Crippen molar-refractivity contribution in [2.45, 2.75) is 13.8 Å². The van der Waals surface area contributed by atoms with Crippen molar-refractivity contribution in [2.24, 2.45) is 0 Å². The molecule has 0 aliphatic heterocycles. The number of aromatic carboxylic acids is 1. The first-order valence-electron chi connectivity index (χ1n) is 8.11. The lowest BCUT2D eigenvalue weighted by molar-refractivity contribution is 0.0697. The van der Waals surface area contributed by atoms with Crippen LogP contribution < -0.4 is 0 Å². The lowest BCUT2D eigenvalue weighted by Crippen LogP contribution is -1.96. The summed E-state index contributed by atoms with van der Waals surface area (Å²) in [6.45, 7) is 3.89. The van der Waals surface area contributed by atoms with Gasteiger partial charge < -0.3 is 9.52 Å². The molecule has 4 heteroatoms. The van der Waals surface area contributed by atoms with Crippen LogP contribution in [0.4, 0.5) is 0 Å². The second kappa shape index (κ2) is 7.12. The van der Waals surface area contributed by atoms with Gasteiger partial charge in [0.1, 0.15) is 11.5 Å². The van der Waals surface area contributed by atoms with Gasteiger partial charge in [-0.2, -0.15) is 5.26 Å². The number of hydrogen-bond donors (Lipinski definition) is 1. The topological polar surface area (TPSA) is 74.2 Å². The first-order valence-corrected chi connectivity index (χ1v) is 8.11. The van der Waals surface area contributed by atoms with E-state index in [9.17, 15) is 15.2 Å². The van der Waals surface area contributed by atoms with E-state index < -0.39 is 5.97 Å². The molecule has 0 unspecified atom stereocenters. The molecule has 2 aromatic carbocycles. The van der Waals surface area contributed by atoms with E-state index in [1.807, 2.05) is 38.1 Å². The molecule has 0 spiro atoms. The normalized spacial score (nSPS) is 11.2. The number of nitrogens with zero attached hydrogens (tertiary/aromatic N) is 1. The second-order valence-corrected chi connectivity index (χ2v) is 6.07. The molecule has 0 radical (unpaired) electrons. The second-order valence-electron chi connectivity index (χ2n) is 6.07. The van der Waals surface area contributed by atoms with Crippen LogP contribution >= 0.6 is 0 Å². The van der Waals surface area contributed by atoms with E-state index in [1.165, 1.54) is 0 Å². The van der Waals surface area contributed by atoms with Gasteiger partial charge in [-0.1, -0.05) is 35.9 Å². The maximum absolute atomic E-state index is 11.2. The van der Waals surface area contributed by atoms with Gasteiger partial charge in [-0.15, -0.1) is 0 Å². The zero-order valence-electron chi connectivity index (χ0n) is 14.5. The molecule has 1 heterocycles. The predicted octanol–water partition coefficient (Wildman–Crippen LogP) is 5.33. The highest BCUT2D eigenvalue weighted by Crippen LogP contribution is 2.28. The van der Waals surface area contributed by atoms with E-state index in [4.69, 9.17) is 4.42 Å². The van der Waals surface area contributed by atoms with Crippen molar-refractivity contribution < 1.29 is 14.3 Å². The Labute approximate surface area is 151 Å². The van der Waals surface area contributed by atoms with Crippen molar-refractivity contribution in [1.82, 2.24) is 0 Å². The molecule has 1 aromatic heterocycles. The predicted molar refractivity (Wildman–Crippen MR) is 101 cm³/mol. The van der Waals surface area contributed by atoms with Crippen molar-refractivity contribution >= 4 is 17.6 Å². The zero-order chi connectivity index (χ0) is 18.7. The molecule has 0 atom stereocenters. The van der Waals surface area contributed by atoms with Crippen molar-refractivity contribution in [1.29, 1.82) is 5.26 Å². The van der Waals surface area contributed by atoms with Crippen molar-refractivity contribution in [3.63, 3.8) is 0 Å². The largest absolute Gasteiger partial charge is 0.478 e. The number of benzene rings is 2. The Bertz CT molecular complexity index is 1030. The zero-order valence-corrected chi connectivity index (χ0v) is 14.5. The van der Waals surface area contributed by atoms with Gasteiger partial charge >= 0.3 is 5.97 Å². The first kappa shape index (κ1) is 17.2. The minimum absolute atomic E-state index is 0.205. The average Bonchev–Trinajstić information content (AvgIpc) is 3.09. The molecular weight excluding hydrogens is 326 g/mol. The molecule has 0 saturated carbocycles. The van der Waals surface area contributed by atoms with Gasteiger partial charge in [0, 0.05) is 5.56 Å². The third-order valence-corrected chi connectivity index (χ3v) is 4.15.